The van der Waals surface area contributed by atoms with Crippen LogP contribution in [0.25, 0.3) is 0 Å². The molecule has 0 spiro atoms. The second-order valence-corrected chi connectivity index (χ2v) is 8.84. The van der Waals surface area contributed by atoms with Crippen LogP contribution in [0.15, 0.2) is 42.5 Å². The fraction of sp³-hybridized carbons (Fsp3) is 0.417. The molecular formula is C24H29NO3. The van der Waals surface area contributed by atoms with Gasteiger partial charge in [-0.25, -0.2) is 0 Å². The van der Waals surface area contributed by atoms with Crippen molar-refractivity contribution in [2.45, 2.75) is 64.2 Å². The second kappa shape index (κ2) is 7.42. The first-order valence-electron chi connectivity index (χ1n) is 10.6. The number of anilines is 1. The summed E-state index contributed by atoms with van der Waals surface area (Å²) in [6, 6.07) is 12.5. The van der Waals surface area contributed by atoms with Gasteiger partial charge < -0.3 is 10.4 Å². The standard InChI is InChI=1S/C24H29NO3/c1-23(2)13-14-24(3,4)20-15-18(10-11-19(20)23)25-22(28)17-8-5-16(6-9-17)7-12-21(26)27/h5-6,8-11,15H,7,12-14H2,1-4H3,(H,25,28)(H,26,27)/i12D2. The van der Waals surface area contributed by atoms with Gasteiger partial charge in [0.25, 0.3) is 5.91 Å². The predicted octanol–water partition coefficient (Wildman–Crippen LogP) is 5.31. The zero-order valence-corrected chi connectivity index (χ0v) is 16.9. The number of rotatable bonds is 5. The number of carbonyl (C=O) groups excluding carboxylic acids is 1. The van der Waals surface area contributed by atoms with Crippen molar-refractivity contribution in [2.24, 2.45) is 0 Å². The Morgan fingerprint density at radius 3 is 2.21 bits per heavy atom. The van der Waals surface area contributed by atoms with E-state index in [9.17, 15) is 9.59 Å². The molecule has 2 N–H and O–H groups in total. The van der Waals surface area contributed by atoms with Crippen molar-refractivity contribution in [3.05, 3.63) is 64.7 Å². The lowest BCUT2D eigenvalue weighted by molar-refractivity contribution is -0.136. The fourth-order valence-corrected chi connectivity index (χ4v) is 3.82. The fourth-order valence-electron chi connectivity index (χ4n) is 3.82. The van der Waals surface area contributed by atoms with Gasteiger partial charge in [-0.3, -0.25) is 9.59 Å². The Hall–Kier alpha value is -2.62. The highest BCUT2D eigenvalue weighted by Crippen LogP contribution is 2.46. The molecular weight excluding hydrogens is 350 g/mol. The molecule has 4 nitrogen and oxygen atoms in total. The van der Waals surface area contributed by atoms with Gasteiger partial charge in [0.2, 0.25) is 0 Å². The summed E-state index contributed by atoms with van der Waals surface area (Å²) in [5, 5.41) is 11.9. The second-order valence-electron chi connectivity index (χ2n) is 8.84. The number of aryl methyl sites for hydroxylation is 1. The smallest absolute Gasteiger partial charge is 0.303 e. The maximum Gasteiger partial charge on any atom is 0.303 e. The van der Waals surface area contributed by atoms with E-state index in [4.69, 9.17) is 7.85 Å². The van der Waals surface area contributed by atoms with E-state index in [0.717, 1.165) is 18.5 Å². The van der Waals surface area contributed by atoms with E-state index in [-0.39, 0.29) is 23.2 Å². The molecule has 0 unspecified atom stereocenters. The molecule has 0 saturated carbocycles. The number of amides is 1. The average molecular weight is 382 g/mol. The first-order valence-corrected chi connectivity index (χ1v) is 9.61. The lowest BCUT2D eigenvalue weighted by atomic mass is 9.63. The summed E-state index contributed by atoms with van der Waals surface area (Å²) >= 11 is 0. The monoisotopic (exact) mass is 381 g/mol. The lowest BCUT2D eigenvalue weighted by Gasteiger charge is -2.42. The summed E-state index contributed by atoms with van der Waals surface area (Å²) in [4.78, 5) is 23.6. The van der Waals surface area contributed by atoms with E-state index in [1.54, 1.807) is 24.3 Å². The molecule has 0 bridgehead atoms. The third-order valence-corrected chi connectivity index (χ3v) is 5.77. The molecule has 4 heteroatoms. The van der Waals surface area contributed by atoms with Gasteiger partial charge in [-0.15, -0.1) is 0 Å². The van der Waals surface area contributed by atoms with Gasteiger partial charge in [0.15, 0.2) is 0 Å². The molecule has 2 aromatic rings. The molecule has 0 aromatic heterocycles. The summed E-state index contributed by atoms with van der Waals surface area (Å²) in [6.07, 6.45) is -0.367. The van der Waals surface area contributed by atoms with E-state index < -0.39 is 12.3 Å². The normalized spacial score (nSPS) is 18.4. The Morgan fingerprint density at radius 1 is 1.00 bits per heavy atom. The van der Waals surface area contributed by atoms with Gasteiger partial charge in [-0.1, -0.05) is 45.9 Å². The number of carboxylic acids is 1. The van der Waals surface area contributed by atoms with Crippen LogP contribution < -0.4 is 5.32 Å². The zero-order chi connectivity index (χ0) is 22.3. The molecule has 0 fully saturated rings. The highest BCUT2D eigenvalue weighted by atomic mass is 16.4. The van der Waals surface area contributed by atoms with Crippen LogP contribution in [0.1, 0.15) is 76.7 Å². The van der Waals surface area contributed by atoms with E-state index >= 15 is 0 Å². The van der Waals surface area contributed by atoms with E-state index in [1.807, 2.05) is 6.07 Å². The molecule has 28 heavy (non-hydrogen) atoms. The van der Waals surface area contributed by atoms with Crippen molar-refractivity contribution in [1.29, 1.82) is 0 Å². The quantitative estimate of drug-likeness (QED) is 0.738. The van der Waals surface area contributed by atoms with E-state index in [2.05, 4.69) is 45.1 Å². The number of benzene rings is 2. The van der Waals surface area contributed by atoms with Crippen molar-refractivity contribution in [3.8, 4) is 0 Å². The first-order chi connectivity index (χ1) is 13.8. The Kier molecular flexibility index (Phi) is 4.63. The number of hydrogen-bond acceptors (Lipinski definition) is 2. The molecule has 0 heterocycles. The third kappa shape index (κ3) is 4.27. The minimum atomic E-state index is -2.34. The molecule has 0 radical (unpaired) electrons. The van der Waals surface area contributed by atoms with Crippen molar-refractivity contribution >= 4 is 17.6 Å². The minimum absolute atomic E-state index is 0.0520. The van der Waals surface area contributed by atoms with Crippen LogP contribution >= 0.6 is 0 Å². The number of aliphatic carboxylic acids is 1. The van der Waals surface area contributed by atoms with Crippen LogP contribution in [0, 0.1) is 0 Å². The highest BCUT2D eigenvalue weighted by molar-refractivity contribution is 6.04. The Morgan fingerprint density at radius 2 is 1.61 bits per heavy atom. The number of fused-ring (bicyclic) bond motifs is 1. The van der Waals surface area contributed by atoms with Gasteiger partial charge in [0, 0.05) is 20.4 Å². The Bertz CT molecular complexity index is 978. The minimum Gasteiger partial charge on any atom is -0.481 e. The number of carboxylic acid groups (broad SMARTS) is 1. The molecule has 0 atom stereocenters. The van der Waals surface area contributed by atoms with Crippen molar-refractivity contribution < 1.29 is 17.4 Å². The zero-order valence-electron chi connectivity index (χ0n) is 18.9. The number of nitrogens with one attached hydrogen (secondary N) is 1. The summed E-state index contributed by atoms with van der Waals surface area (Å²) < 4.78 is 15.1. The molecule has 1 aliphatic rings. The molecule has 1 amide bonds. The largest absolute Gasteiger partial charge is 0.481 e. The Labute approximate surface area is 169 Å². The topological polar surface area (TPSA) is 66.4 Å². The summed E-state index contributed by atoms with van der Waals surface area (Å²) in [6.45, 7) is 8.99. The number of carbonyl (C=O) groups is 2. The van der Waals surface area contributed by atoms with Gasteiger partial charge in [-0.05, 0) is 71.0 Å². The summed E-state index contributed by atoms with van der Waals surface area (Å²) in [7, 11) is 0. The first kappa shape index (κ1) is 17.5. The van der Waals surface area contributed by atoms with Crippen molar-refractivity contribution in [2.75, 3.05) is 5.32 Å². The van der Waals surface area contributed by atoms with E-state index in [1.165, 1.54) is 11.1 Å². The maximum absolute atomic E-state index is 12.7. The van der Waals surface area contributed by atoms with Crippen molar-refractivity contribution in [1.82, 2.24) is 0 Å². The van der Waals surface area contributed by atoms with Crippen LogP contribution in [0.3, 0.4) is 0 Å². The molecule has 0 saturated heterocycles. The molecule has 3 rings (SSSR count). The SMILES string of the molecule is [2H]C([2H])(Cc1ccc(C(=O)Nc2ccc3c(c2)C(C)(C)CCC3(C)C)cc1)C(=O)O. The third-order valence-electron chi connectivity index (χ3n) is 5.77. The van der Waals surface area contributed by atoms with Gasteiger partial charge in [0.1, 0.15) is 0 Å². The van der Waals surface area contributed by atoms with Gasteiger partial charge >= 0.3 is 5.97 Å². The van der Waals surface area contributed by atoms with Gasteiger partial charge in [-0.2, -0.15) is 0 Å². The van der Waals surface area contributed by atoms with Crippen LogP contribution in [0.4, 0.5) is 5.69 Å². The summed E-state index contributed by atoms with van der Waals surface area (Å²) in [5.41, 5.74) is 4.47. The van der Waals surface area contributed by atoms with Crippen LogP contribution in [-0.4, -0.2) is 17.0 Å². The molecule has 0 aliphatic heterocycles. The van der Waals surface area contributed by atoms with Gasteiger partial charge in [0.05, 0.1) is 0 Å². The predicted molar refractivity (Wildman–Crippen MR) is 112 cm³/mol. The Balaban J connectivity index is 1.78. The summed E-state index contributed by atoms with van der Waals surface area (Å²) in [5.74, 6) is -1.75. The maximum atomic E-state index is 12.7. The van der Waals surface area contributed by atoms with Crippen LogP contribution in [0.5, 0.6) is 0 Å². The van der Waals surface area contributed by atoms with Crippen LogP contribution in [0.2, 0.25) is 0 Å². The van der Waals surface area contributed by atoms with E-state index in [0.29, 0.717) is 11.1 Å². The highest BCUT2D eigenvalue weighted by Gasteiger charge is 2.37. The molecule has 2 aromatic carbocycles. The lowest BCUT2D eigenvalue weighted by Crippen LogP contribution is -2.33. The molecule has 148 valence electrons. The molecule has 1 aliphatic carbocycles. The number of hydrogen-bond donors (Lipinski definition) is 2. The average Bonchev–Trinajstić information content (AvgIpc) is 2.66. The van der Waals surface area contributed by atoms with Crippen LogP contribution in [-0.2, 0) is 22.0 Å². The van der Waals surface area contributed by atoms with Crippen molar-refractivity contribution in [3.63, 3.8) is 0 Å².